The van der Waals surface area contributed by atoms with Gasteiger partial charge < -0.3 is 4.90 Å². The number of ketones is 1. The molecular formula is C27H23NO. The van der Waals surface area contributed by atoms with Crippen LogP contribution in [-0.4, -0.2) is 12.3 Å². The molecule has 0 aliphatic carbocycles. The zero-order valence-corrected chi connectivity index (χ0v) is 16.2. The maximum absolute atomic E-state index is 13.5. The number of para-hydroxylation sites is 2. The monoisotopic (exact) mass is 377 g/mol. The first-order valence-electron chi connectivity index (χ1n) is 9.85. The highest BCUT2D eigenvalue weighted by atomic mass is 16.1. The van der Waals surface area contributed by atoms with Crippen molar-refractivity contribution < 1.29 is 4.79 Å². The summed E-state index contributed by atoms with van der Waals surface area (Å²) in [6, 6.07) is 40.1. The molecule has 1 unspecified atom stereocenters. The number of Topliss-reactive ketones (excluding diaryl/α,β-unsaturated/α-hetero) is 1. The van der Waals surface area contributed by atoms with Crippen LogP contribution in [0.25, 0.3) is 0 Å². The number of nitrogens with zero attached hydrogens (tertiary/aromatic N) is 1. The Morgan fingerprint density at radius 1 is 0.586 bits per heavy atom. The molecule has 2 nitrogen and oxygen atoms in total. The molecule has 0 aromatic heterocycles. The van der Waals surface area contributed by atoms with Crippen molar-refractivity contribution in [3.63, 3.8) is 0 Å². The number of carbonyl (C=O) groups is 1. The van der Waals surface area contributed by atoms with E-state index in [1.165, 1.54) is 0 Å². The van der Waals surface area contributed by atoms with Crippen molar-refractivity contribution in [3.05, 3.63) is 132 Å². The second-order valence-corrected chi connectivity index (χ2v) is 6.98. The molecule has 0 aliphatic rings. The van der Waals surface area contributed by atoms with Crippen LogP contribution in [0.4, 0.5) is 11.4 Å². The summed E-state index contributed by atoms with van der Waals surface area (Å²) < 4.78 is 0. The molecule has 0 saturated heterocycles. The first kappa shape index (κ1) is 18.7. The SMILES string of the molecule is O=C(c1ccccc1)C(CN(c1ccccc1)c1ccccc1)c1ccccc1. The molecule has 0 N–H and O–H groups in total. The van der Waals surface area contributed by atoms with Gasteiger partial charge in [-0.2, -0.15) is 0 Å². The highest BCUT2D eigenvalue weighted by Gasteiger charge is 2.25. The van der Waals surface area contributed by atoms with Crippen LogP contribution in [0.5, 0.6) is 0 Å². The second kappa shape index (κ2) is 9.03. The molecule has 0 spiro atoms. The van der Waals surface area contributed by atoms with E-state index >= 15 is 0 Å². The third-order valence-electron chi connectivity index (χ3n) is 5.08. The molecule has 0 bridgehead atoms. The van der Waals surface area contributed by atoms with Crippen LogP contribution in [0.3, 0.4) is 0 Å². The van der Waals surface area contributed by atoms with E-state index in [0.717, 1.165) is 22.5 Å². The molecule has 0 saturated carbocycles. The third-order valence-corrected chi connectivity index (χ3v) is 5.08. The van der Waals surface area contributed by atoms with Gasteiger partial charge in [0.25, 0.3) is 0 Å². The summed E-state index contributed by atoms with van der Waals surface area (Å²) in [5.74, 6) is -0.146. The lowest BCUT2D eigenvalue weighted by Crippen LogP contribution is -2.28. The number of carbonyl (C=O) groups excluding carboxylic acids is 1. The van der Waals surface area contributed by atoms with Crippen molar-refractivity contribution in [1.82, 2.24) is 0 Å². The normalized spacial score (nSPS) is 11.6. The molecule has 0 amide bonds. The summed E-state index contributed by atoms with van der Waals surface area (Å²) in [7, 11) is 0. The summed E-state index contributed by atoms with van der Waals surface area (Å²) in [6.07, 6.45) is 0. The lowest BCUT2D eigenvalue weighted by molar-refractivity contribution is 0.0962. The number of hydrogen-bond acceptors (Lipinski definition) is 2. The van der Waals surface area contributed by atoms with Crippen LogP contribution in [0.1, 0.15) is 21.8 Å². The zero-order chi connectivity index (χ0) is 19.9. The van der Waals surface area contributed by atoms with Gasteiger partial charge in [-0.25, -0.2) is 0 Å². The fraction of sp³-hybridized carbons (Fsp3) is 0.0741. The van der Waals surface area contributed by atoms with E-state index in [4.69, 9.17) is 0 Å². The summed E-state index contributed by atoms with van der Waals surface area (Å²) in [5, 5.41) is 0. The summed E-state index contributed by atoms with van der Waals surface area (Å²) in [6.45, 7) is 0.561. The molecule has 0 heterocycles. The molecule has 4 rings (SSSR count). The van der Waals surface area contributed by atoms with Gasteiger partial charge >= 0.3 is 0 Å². The van der Waals surface area contributed by atoms with Crippen LogP contribution >= 0.6 is 0 Å². The van der Waals surface area contributed by atoms with Crippen molar-refractivity contribution in [2.45, 2.75) is 5.92 Å². The van der Waals surface area contributed by atoms with Crippen LogP contribution in [-0.2, 0) is 0 Å². The third kappa shape index (κ3) is 4.44. The van der Waals surface area contributed by atoms with Gasteiger partial charge in [-0.1, -0.05) is 97.1 Å². The van der Waals surface area contributed by atoms with E-state index in [1.807, 2.05) is 97.1 Å². The number of hydrogen-bond donors (Lipinski definition) is 0. The Hall–Kier alpha value is -3.65. The van der Waals surface area contributed by atoms with Gasteiger partial charge in [0, 0.05) is 23.5 Å². The lowest BCUT2D eigenvalue weighted by Gasteiger charge is -2.29. The molecule has 1 atom stereocenters. The van der Waals surface area contributed by atoms with Gasteiger partial charge in [0.15, 0.2) is 5.78 Å². The van der Waals surface area contributed by atoms with Gasteiger partial charge in [-0.3, -0.25) is 4.79 Å². The summed E-state index contributed by atoms with van der Waals surface area (Å²) in [5.41, 5.74) is 3.90. The van der Waals surface area contributed by atoms with Gasteiger partial charge in [-0.05, 0) is 29.8 Å². The van der Waals surface area contributed by atoms with Gasteiger partial charge in [0.05, 0.1) is 5.92 Å². The fourth-order valence-corrected chi connectivity index (χ4v) is 3.59. The Balaban J connectivity index is 1.76. The molecule has 29 heavy (non-hydrogen) atoms. The Morgan fingerprint density at radius 2 is 1.00 bits per heavy atom. The maximum atomic E-state index is 13.5. The average molecular weight is 377 g/mol. The van der Waals surface area contributed by atoms with Crippen molar-refractivity contribution in [1.29, 1.82) is 0 Å². The van der Waals surface area contributed by atoms with Gasteiger partial charge in [0.2, 0.25) is 0 Å². The number of benzene rings is 4. The van der Waals surface area contributed by atoms with Crippen molar-refractivity contribution >= 4 is 17.2 Å². The standard InChI is InChI=1S/C27H23NO/c29-27(23-15-7-2-8-16-23)26(22-13-5-1-6-14-22)21-28(24-17-9-3-10-18-24)25-19-11-4-12-20-25/h1-20,26H,21H2. The van der Waals surface area contributed by atoms with Crippen molar-refractivity contribution in [3.8, 4) is 0 Å². The minimum Gasteiger partial charge on any atom is -0.340 e. The van der Waals surface area contributed by atoms with Crippen LogP contribution in [0.15, 0.2) is 121 Å². The highest BCUT2D eigenvalue weighted by Crippen LogP contribution is 2.30. The Labute approximate surface area is 172 Å². The second-order valence-electron chi connectivity index (χ2n) is 6.98. The van der Waals surface area contributed by atoms with E-state index in [1.54, 1.807) is 0 Å². The van der Waals surface area contributed by atoms with Gasteiger partial charge in [-0.15, -0.1) is 0 Å². The van der Waals surface area contributed by atoms with E-state index in [0.29, 0.717) is 6.54 Å². The first-order valence-corrected chi connectivity index (χ1v) is 9.85. The van der Waals surface area contributed by atoms with Crippen molar-refractivity contribution in [2.75, 3.05) is 11.4 Å². The minimum absolute atomic E-state index is 0.133. The Kier molecular flexibility index (Phi) is 5.82. The summed E-state index contributed by atoms with van der Waals surface area (Å²) in [4.78, 5) is 15.7. The van der Waals surface area contributed by atoms with Crippen molar-refractivity contribution in [2.24, 2.45) is 0 Å². The molecular weight excluding hydrogens is 354 g/mol. The largest absolute Gasteiger partial charge is 0.340 e. The highest BCUT2D eigenvalue weighted by molar-refractivity contribution is 6.01. The lowest BCUT2D eigenvalue weighted by atomic mass is 9.89. The molecule has 0 aliphatic heterocycles. The Bertz CT molecular complexity index is 991. The predicted octanol–water partition coefficient (Wildman–Crippen LogP) is 6.49. The quantitative estimate of drug-likeness (QED) is 0.343. The van der Waals surface area contributed by atoms with Crippen LogP contribution in [0.2, 0.25) is 0 Å². The molecule has 2 heteroatoms. The smallest absolute Gasteiger partial charge is 0.172 e. The molecule has 142 valence electrons. The van der Waals surface area contributed by atoms with E-state index in [9.17, 15) is 4.79 Å². The van der Waals surface area contributed by atoms with Crippen LogP contribution in [0, 0.1) is 0 Å². The van der Waals surface area contributed by atoms with E-state index in [-0.39, 0.29) is 11.7 Å². The van der Waals surface area contributed by atoms with Gasteiger partial charge in [0.1, 0.15) is 0 Å². The molecule has 4 aromatic rings. The average Bonchev–Trinajstić information content (AvgIpc) is 2.82. The minimum atomic E-state index is -0.279. The molecule has 0 radical (unpaired) electrons. The molecule has 0 fully saturated rings. The zero-order valence-electron chi connectivity index (χ0n) is 16.2. The maximum Gasteiger partial charge on any atom is 0.172 e. The fourth-order valence-electron chi connectivity index (χ4n) is 3.59. The first-order chi connectivity index (χ1) is 14.3. The topological polar surface area (TPSA) is 20.3 Å². The van der Waals surface area contributed by atoms with E-state index in [2.05, 4.69) is 29.2 Å². The molecule has 4 aromatic carbocycles. The predicted molar refractivity (Wildman–Crippen MR) is 120 cm³/mol. The van der Waals surface area contributed by atoms with Crippen LogP contribution < -0.4 is 4.90 Å². The number of anilines is 2. The number of rotatable bonds is 7. The Morgan fingerprint density at radius 3 is 1.48 bits per heavy atom. The van der Waals surface area contributed by atoms with E-state index < -0.39 is 0 Å². The summed E-state index contributed by atoms with van der Waals surface area (Å²) >= 11 is 0.